The van der Waals surface area contributed by atoms with Gasteiger partial charge in [0, 0.05) is 12.1 Å². The van der Waals surface area contributed by atoms with E-state index in [0.717, 1.165) is 0 Å². The summed E-state index contributed by atoms with van der Waals surface area (Å²) in [5.74, 6) is -0.462. The zero-order chi connectivity index (χ0) is 15.4. The van der Waals surface area contributed by atoms with Crippen molar-refractivity contribution in [1.82, 2.24) is 4.98 Å². The Morgan fingerprint density at radius 1 is 1.33 bits per heavy atom. The molecule has 1 N–H and O–H groups in total. The number of ether oxygens (including phenoxy) is 2. The van der Waals surface area contributed by atoms with Crippen LogP contribution in [0.5, 0.6) is 17.4 Å². The molecule has 0 aliphatic carbocycles. The third-order valence-electron chi connectivity index (χ3n) is 2.49. The first-order valence-corrected chi connectivity index (χ1v) is 6.08. The molecule has 0 amide bonds. The summed E-state index contributed by atoms with van der Waals surface area (Å²) in [4.78, 5) is 14.8. The van der Waals surface area contributed by atoms with Crippen molar-refractivity contribution in [3.8, 4) is 23.4 Å². The van der Waals surface area contributed by atoms with Gasteiger partial charge in [0.25, 0.3) is 0 Å². The Kier molecular flexibility index (Phi) is 4.26. The average Bonchev–Trinajstić information content (AvgIpc) is 2.48. The largest absolute Gasteiger partial charge is 0.497 e. The SMILES string of the molecule is COc1cc(C#N)cc(Oc2ccc(Cl)c(C(=O)O)n2)c1. The van der Waals surface area contributed by atoms with Crippen LogP contribution in [0.4, 0.5) is 0 Å². The number of benzene rings is 1. The number of aromatic carboxylic acids is 1. The van der Waals surface area contributed by atoms with Crippen LogP contribution in [0.2, 0.25) is 5.02 Å². The molecule has 0 radical (unpaired) electrons. The molecule has 7 heteroatoms. The number of carboxylic acid groups (broad SMARTS) is 1. The number of carbonyl (C=O) groups is 1. The van der Waals surface area contributed by atoms with Crippen LogP contribution in [-0.4, -0.2) is 23.2 Å². The topological polar surface area (TPSA) is 92.4 Å². The van der Waals surface area contributed by atoms with E-state index in [-0.39, 0.29) is 16.6 Å². The highest BCUT2D eigenvalue weighted by Crippen LogP contribution is 2.27. The molecule has 2 aromatic rings. The summed E-state index contributed by atoms with van der Waals surface area (Å²) < 4.78 is 10.5. The normalized spacial score (nSPS) is 9.76. The molecule has 0 fully saturated rings. The van der Waals surface area contributed by atoms with Crippen LogP contribution in [0, 0.1) is 11.3 Å². The Morgan fingerprint density at radius 3 is 2.67 bits per heavy atom. The van der Waals surface area contributed by atoms with E-state index in [2.05, 4.69) is 4.98 Å². The van der Waals surface area contributed by atoms with Crippen LogP contribution in [-0.2, 0) is 0 Å². The number of carboxylic acids is 1. The Balaban J connectivity index is 2.36. The van der Waals surface area contributed by atoms with Crippen molar-refractivity contribution >= 4 is 17.6 Å². The predicted octanol–water partition coefficient (Wildman–Crippen LogP) is 3.11. The molecule has 1 aromatic carbocycles. The van der Waals surface area contributed by atoms with Gasteiger partial charge in [-0.2, -0.15) is 5.26 Å². The van der Waals surface area contributed by atoms with Crippen LogP contribution in [0.3, 0.4) is 0 Å². The summed E-state index contributed by atoms with van der Waals surface area (Å²) in [5.41, 5.74) is 0.0364. The first-order chi connectivity index (χ1) is 10.0. The summed E-state index contributed by atoms with van der Waals surface area (Å²) in [7, 11) is 1.46. The van der Waals surface area contributed by atoms with Gasteiger partial charge in [0.15, 0.2) is 5.69 Å². The molecule has 21 heavy (non-hydrogen) atoms. The predicted molar refractivity (Wildman–Crippen MR) is 74.0 cm³/mol. The Hall–Kier alpha value is -2.78. The van der Waals surface area contributed by atoms with Gasteiger partial charge in [-0.3, -0.25) is 0 Å². The number of pyridine rings is 1. The molecule has 106 valence electrons. The van der Waals surface area contributed by atoms with Crippen molar-refractivity contribution in [1.29, 1.82) is 5.26 Å². The number of halogens is 1. The van der Waals surface area contributed by atoms with Gasteiger partial charge in [-0.1, -0.05) is 11.6 Å². The maximum absolute atomic E-state index is 11.0. The fourth-order valence-electron chi connectivity index (χ4n) is 1.56. The molecule has 1 aromatic heterocycles. The van der Waals surface area contributed by atoms with Crippen molar-refractivity contribution in [2.24, 2.45) is 0 Å². The fourth-order valence-corrected chi connectivity index (χ4v) is 1.75. The molecular weight excluding hydrogens is 296 g/mol. The maximum atomic E-state index is 11.0. The first-order valence-electron chi connectivity index (χ1n) is 5.70. The van der Waals surface area contributed by atoms with Gasteiger partial charge in [0.05, 0.1) is 23.8 Å². The molecule has 1 heterocycles. The first kappa shape index (κ1) is 14.6. The smallest absolute Gasteiger partial charge is 0.356 e. The number of rotatable bonds is 4. The minimum absolute atomic E-state index is 0.0122. The molecule has 0 saturated carbocycles. The molecule has 0 unspecified atom stereocenters. The minimum Gasteiger partial charge on any atom is -0.497 e. The number of aromatic nitrogens is 1. The third kappa shape index (κ3) is 3.41. The van der Waals surface area contributed by atoms with E-state index in [4.69, 9.17) is 31.4 Å². The van der Waals surface area contributed by atoms with Crippen LogP contribution in [0.1, 0.15) is 16.1 Å². The lowest BCUT2D eigenvalue weighted by atomic mass is 10.2. The highest BCUT2D eigenvalue weighted by Gasteiger charge is 2.13. The summed E-state index contributed by atoms with van der Waals surface area (Å²) in [6.07, 6.45) is 0. The quantitative estimate of drug-likeness (QED) is 0.933. The van der Waals surface area contributed by atoms with Crippen molar-refractivity contribution in [3.63, 3.8) is 0 Å². The number of hydrogen-bond acceptors (Lipinski definition) is 5. The van der Waals surface area contributed by atoms with E-state index in [1.54, 1.807) is 12.1 Å². The zero-order valence-corrected chi connectivity index (χ0v) is 11.6. The van der Waals surface area contributed by atoms with E-state index in [1.807, 2.05) is 6.07 Å². The number of nitrogens with zero attached hydrogens (tertiary/aromatic N) is 2. The highest BCUT2D eigenvalue weighted by molar-refractivity contribution is 6.33. The monoisotopic (exact) mass is 304 g/mol. The Bertz CT molecular complexity index is 740. The van der Waals surface area contributed by atoms with Crippen molar-refractivity contribution in [2.45, 2.75) is 0 Å². The maximum Gasteiger partial charge on any atom is 0.356 e. The third-order valence-corrected chi connectivity index (χ3v) is 2.80. The van der Waals surface area contributed by atoms with E-state index < -0.39 is 5.97 Å². The van der Waals surface area contributed by atoms with E-state index in [9.17, 15) is 4.79 Å². The fraction of sp³-hybridized carbons (Fsp3) is 0.0714. The van der Waals surface area contributed by atoms with Crippen LogP contribution >= 0.6 is 11.6 Å². The molecular formula is C14H9ClN2O4. The molecule has 0 saturated heterocycles. The molecule has 0 aliphatic rings. The molecule has 0 aliphatic heterocycles. The zero-order valence-electron chi connectivity index (χ0n) is 10.8. The highest BCUT2D eigenvalue weighted by atomic mass is 35.5. The summed E-state index contributed by atoms with van der Waals surface area (Å²) >= 11 is 5.73. The van der Waals surface area contributed by atoms with Gasteiger partial charge in [-0.05, 0) is 18.2 Å². The molecule has 6 nitrogen and oxygen atoms in total. The van der Waals surface area contributed by atoms with Gasteiger partial charge in [0.2, 0.25) is 5.88 Å². The van der Waals surface area contributed by atoms with Gasteiger partial charge in [-0.15, -0.1) is 0 Å². The van der Waals surface area contributed by atoms with Crippen LogP contribution < -0.4 is 9.47 Å². The van der Waals surface area contributed by atoms with Crippen LogP contribution in [0.25, 0.3) is 0 Å². The van der Waals surface area contributed by atoms with E-state index in [0.29, 0.717) is 17.1 Å². The second-order valence-corrected chi connectivity index (χ2v) is 4.30. The molecule has 2 rings (SSSR count). The average molecular weight is 305 g/mol. The molecule has 0 bridgehead atoms. The lowest BCUT2D eigenvalue weighted by molar-refractivity contribution is 0.0690. The van der Waals surface area contributed by atoms with Gasteiger partial charge in [-0.25, -0.2) is 9.78 Å². The van der Waals surface area contributed by atoms with Gasteiger partial charge < -0.3 is 14.6 Å². The van der Waals surface area contributed by atoms with Crippen LogP contribution in [0.15, 0.2) is 30.3 Å². The molecule has 0 atom stereocenters. The number of hydrogen-bond donors (Lipinski definition) is 1. The molecule has 0 spiro atoms. The second-order valence-electron chi connectivity index (χ2n) is 3.90. The second kappa shape index (κ2) is 6.11. The van der Waals surface area contributed by atoms with Crippen molar-refractivity contribution < 1.29 is 19.4 Å². The lowest BCUT2D eigenvalue weighted by Crippen LogP contribution is -2.02. The number of methoxy groups -OCH3 is 1. The summed E-state index contributed by atoms with van der Waals surface area (Å²) in [5, 5.41) is 17.9. The summed E-state index contributed by atoms with van der Waals surface area (Å²) in [6, 6.07) is 9.36. The van der Waals surface area contributed by atoms with Gasteiger partial charge in [0.1, 0.15) is 11.5 Å². The van der Waals surface area contributed by atoms with E-state index in [1.165, 1.54) is 25.3 Å². The van der Waals surface area contributed by atoms with Gasteiger partial charge >= 0.3 is 5.97 Å². The lowest BCUT2D eigenvalue weighted by Gasteiger charge is -2.08. The standard InChI is InChI=1S/C14H9ClN2O4/c1-20-9-4-8(7-16)5-10(6-9)21-12-3-2-11(15)13(17-12)14(18)19/h2-6H,1H3,(H,18,19). The van der Waals surface area contributed by atoms with E-state index >= 15 is 0 Å². The minimum atomic E-state index is -1.26. The van der Waals surface area contributed by atoms with Crippen molar-refractivity contribution in [2.75, 3.05) is 7.11 Å². The van der Waals surface area contributed by atoms with Crippen molar-refractivity contribution in [3.05, 3.63) is 46.6 Å². The Labute approximate surface area is 125 Å². The summed E-state index contributed by atoms with van der Waals surface area (Å²) in [6.45, 7) is 0. The Morgan fingerprint density at radius 2 is 2.05 bits per heavy atom. The number of nitriles is 1.